The third kappa shape index (κ3) is 1.68. The van der Waals surface area contributed by atoms with Gasteiger partial charge in [-0.2, -0.15) is 0 Å². The molecule has 1 nitrogen and oxygen atoms in total. The van der Waals surface area contributed by atoms with E-state index in [2.05, 4.69) is 4.98 Å². The fourth-order valence-corrected chi connectivity index (χ4v) is 1.99. The molecule has 0 N–H and O–H groups in total. The quantitative estimate of drug-likeness (QED) is 0.606. The highest BCUT2D eigenvalue weighted by molar-refractivity contribution is 5.88. The first-order valence-corrected chi connectivity index (χ1v) is 5.44. The van der Waals surface area contributed by atoms with Gasteiger partial charge in [0, 0.05) is 23.3 Å². The van der Waals surface area contributed by atoms with Gasteiger partial charge in [0.1, 0.15) is 5.82 Å². The van der Waals surface area contributed by atoms with Crippen LogP contribution in [0.3, 0.4) is 0 Å². The monoisotopic (exact) mass is 223 g/mol. The molecule has 0 atom stereocenters. The Kier molecular flexibility index (Phi) is 2.33. The van der Waals surface area contributed by atoms with Crippen molar-refractivity contribution in [1.82, 2.24) is 4.98 Å². The first kappa shape index (κ1) is 9.97. The average molecular weight is 223 g/mol. The largest absolute Gasteiger partial charge is 0.265 e. The minimum absolute atomic E-state index is 0.172. The van der Waals surface area contributed by atoms with Crippen LogP contribution in [-0.2, 0) is 0 Å². The molecule has 3 rings (SSSR count). The minimum Gasteiger partial charge on any atom is -0.265 e. The summed E-state index contributed by atoms with van der Waals surface area (Å²) in [6.45, 7) is 0. The van der Waals surface area contributed by atoms with Crippen molar-refractivity contribution in [3.63, 3.8) is 0 Å². The molecule has 0 saturated heterocycles. The number of fused-ring (bicyclic) bond motifs is 1. The smallest absolute Gasteiger partial charge is 0.138 e. The van der Waals surface area contributed by atoms with Gasteiger partial charge in [-0.15, -0.1) is 0 Å². The molecular formula is C15H10FN. The highest BCUT2D eigenvalue weighted by Gasteiger charge is 2.08. The molecule has 0 aliphatic heterocycles. The van der Waals surface area contributed by atoms with E-state index in [0.29, 0.717) is 10.9 Å². The van der Waals surface area contributed by atoms with E-state index >= 15 is 0 Å². The number of pyridine rings is 1. The van der Waals surface area contributed by atoms with E-state index in [1.165, 1.54) is 0 Å². The first-order valence-electron chi connectivity index (χ1n) is 5.44. The van der Waals surface area contributed by atoms with Crippen molar-refractivity contribution in [2.75, 3.05) is 0 Å². The summed E-state index contributed by atoms with van der Waals surface area (Å²) in [5, 5.41) is 1.57. The summed E-state index contributed by atoms with van der Waals surface area (Å²) in [4.78, 5) is 3.94. The fourth-order valence-electron chi connectivity index (χ4n) is 1.99. The molecule has 0 aliphatic rings. The van der Waals surface area contributed by atoms with Gasteiger partial charge in [-0.3, -0.25) is 4.98 Å². The summed E-state index contributed by atoms with van der Waals surface area (Å²) in [5.74, 6) is -0.172. The van der Waals surface area contributed by atoms with Crippen LogP contribution in [0.2, 0.25) is 0 Å². The summed E-state index contributed by atoms with van der Waals surface area (Å²) in [6.07, 6.45) is 3.34. The van der Waals surface area contributed by atoms with E-state index < -0.39 is 0 Å². The topological polar surface area (TPSA) is 12.9 Å². The highest BCUT2D eigenvalue weighted by atomic mass is 19.1. The van der Waals surface area contributed by atoms with E-state index in [1.807, 2.05) is 42.5 Å². The van der Waals surface area contributed by atoms with Gasteiger partial charge >= 0.3 is 0 Å². The number of hydrogen-bond acceptors (Lipinski definition) is 1. The van der Waals surface area contributed by atoms with Gasteiger partial charge in [0.05, 0.1) is 0 Å². The lowest BCUT2D eigenvalue weighted by molar-refractivity contribution is 0.643. The van der Waals surface area contributed by atoms with Gasteiger partial charge in [0.2, 0.25) is 0 Å². The zero-order valence-corrected chi connectivity index (χ0v) is 9.10. The second kappa shape index (κ2) is 3.98. The van der Waals surface area contributed by atoms with E-state index in [0.717, 1.165) is 10.9 Å². The van der Waals surface area contributed by atoms with E-state index in [-0.39, 0.29) is 5.82 Å². The average Bonchev–Trinajstić information content (AvgIpc) is 2.40. The Balaban J connectivity index is 2.29. The summed E-state index contributed by atoms with van der Waals surface area (Å²) < 4.78 is 14.3. The Hall–Kier alpha value is -2.22. The molecule has 0 radical (unpaired) electrons. The Morgan fingerprint density at radius 1 is 0.824 bits per heavy atom. The normalized spacial score (nSPS) is 10.6. The van der Waals surface area contributed by atoms with Crippen molar-refractivity contribution in [1.29, 1.82) is 0 Å². The van der Waals surface area contributed by atoms with Crippen LogP contribution in [0.25, 0.3) is 21.9 Å². The molecule has 2 heteroatoms. The molecule has 82 valence electrons. The van der Waals surface area contributed by atoms with Crippen LogP contribution in [0.1, 0.15) is 0 Å². The number of aromatic nitrogens is 1. The molecule has 0 fully saturated rings. The fraction of sp³-hybridized carbons (Fsp3) is 0. The second-order valence-corrected chi connectivity index (χ2v) is 3.88. The maximum absolute atomic E-state index is 14.3. The number of rotatable bonds is 1. The second-order valence-electron chi connectivity index (χ2n) is 3.88. The minimum atomic E-state index is -0.172. The molecule has 0 spiro atoms. The predicted octanol–water partition coefficient (Wildman–Crippen LogP) is 4.04. The molecule has 17 heavy (non-hydrogen) atoms. The summed E-state index contributed by atoms with van der Waals surface area (Å²) >= 11 is 0. The van der Waals surface area contributed by atoms with Gasteiger partial charge in [-0.05, 0) is 23.1 Å². The lowest BCUT2D eigenvalue weighted by Gasteiger charge is -2.06. The number of halogens is 1. The Morgan fingerprint density at radius 3 is 2.41 bits per heavy atom. The van der Waals surface area contributed by atoms with E-state index in [4.69, 9.17) is 0 Å². The van der Waals surface area contributed by atoms with Crippen LogP contribution in [0.15, 0.2) is 60.9 Å². The molecular weight excluding hydrogens is 213 g/mol. The summed E-state index contributed by atoms with van der Waals surface area (Å²) in [5.41, 5.74) is 1.47. The molecule has 1 aromatic heterocycles. The summed E-state index contributed by atoms with van der Waals surface area (Å²) in [6, 6.07) is 14.8. The van der Waals surface area contributed by atoms with Crippen LogP contribution in [-0.4, -0.2) is 4.98 Å². The highest BCUT2D eigenvalue weighted by Crippen LogP contribution is 2.28. The third-order valence-corrected chi connectivity index (χ3v) is 2.85. The van der Waals surface area contributed by atoms with Gasteiger partial charge in [0.15, 0.2) is 0 Å². The van der Waals surface area contributed by atoms with Crippen molar-refractivity contribution in [3.05, 3.63) is 66.7 Å². The van der Waals surface area contributed by atoms with Crippen LogP contribution in [0, 0.1) is 5.82 Å². The van der Waals surface area contributed by atoms with Crippen molar-refractivity contribution in [2.24, 2.45) is 0 Å². The Bertz CT molecular complexity index is 662. The van der Waals surface area contributed by atoms with Crippen molar-refractivity contribution < 1.29 is 4.39 Å². The molecule has 2 aromatic carbocycles. The van der Waals surface area contributed by atoms with Gasteiger partial charge in [0.25, 0.3) is 0 Å². The van der Waals surface area contributed by atoms with Gasteiger partial charge < -0.3 is 0 Å². The van der Waals surface area contributed by atoms with E-state index in [1.54, 1.807) is 18.5 Å². The lowest BCUT2D eigenvalue weighted by Crippen LogP contribution is -1.86. The van der Waals surface area contributed by atoms with Gasteiger partial charge in [-0.1, -0.05) is 36.4 Å². The van der Waals surface area contributed by atoms with Crippen LogP contribution in [0.4, 0.5) is 4.39 Å². The van der Waals surface area contributed by atoms with Gasteiger partial charge in [-0.25, -0.2) is 4.39 Å². The maximum Gasteiger partial charge on any atom is 0.138 e. The maximum atomic E-state index is 14.3. The molecule has 0 saturated carbocycles. The first-order chi connectivity index (χ1) is 8.36. The number of nitrogens with zero attached hydrogens (tertiary/aromatic N) is 1. The Morgan fingerprint density at radius 2 is 1.59 bits per heavy atom. The SMILES string of the molecule is Fc1c(-c2ccncc2)ccc2ccccc12. The third-order valence-electron chi connectivity index (χ3n) is 2.85. The zero-order valence-electron chi connectivity index (χ0n) is 9.10. The number of hydrogen-bond donors (Lipinski definition) is 0. The zero-order chi connectivity index (χ0) is 11.7. The van der Waals surface area contributed by atoms with Crippen molar-refractivity contribution in [2.45, 2.75) is 0 Å². The van der Waals surface area contributed by atoms with E-state index in [9.17, 15) is 4.39 Å². The molecule has 1 heterocycles. The van der Waals surface area contributed by atoms with Crippen LogP contribution >= 0.6 is 0 Å². The Labute approximate surface area is 98.6 Å². The molecule has 0 amide bonds. The van der Waals surface area contributed by atoms with Crippen LogP contribution < -0.4 is 0 Å². The summed E-state index contributed by atoms with van der Waals surface area (Å²) in [7, 11) is 0. The molecule has 0 bridgehead atoms. The number of benzene rings is 2. The molecule has 3 aromatic rings. The van der Waals surface area contributed by atoms with Crippen molar-refractivity contribution >= 4 is 10.8 Å². The molecule has 0 aliphatic carbocycles. The lowest BCUT2D eigenvalue weighted by atomic mass is 10.0. The van der Waals surface area contributed by atoms with Crippen LogP contribution in [0.5, 0.6) is 0 Å². The van der Waals surface area contributed by atoms with Crippen molar-refractivity contribution in [3.8, 4) is 11.1 Å². The molecule has 0 unspecified atom stereocenters. The predicted molar refractivity (Wildman–Crippen MR) is 67.1 cm³/mol. The standard InChI is InChI=1S/C15H10FN/c16-15-13-4-2-1-3-11(13)5-6-14(15)12-7-9-17-10-8-12/h1-10H.